The SMILES string of the molecule is Cc1sc2c(c1C)C(c1ccc(Br)cc1)N[C@@H](C)c1nnc(C)n1-2. The fraction of sp³-hybridized carbons (Fsp3) is 0.333. The van der Waals surface area contributed by atoms with Gasteiger partial charge in [0.1, 0.15) is 10.8 Å². The van der Waals surface area contributed by atoms with Crippen molar-refractivity contribution >= 4 is 27.3 Å². The van der Waals surface area contributed by atoms with Gasteiger partial charge < -0.3 is 0 Å². The number of nitrogens with zero attached hydrogens (tertiary/aromatic N) is 3. The molecule has 0 spiro atoms. The number of fused-ring (bicyclic) bond motifs is 3. The van der Waals surface area contributed by atoms with Gasteiger partial charge in [0.05, 0.1) is 12.1 Å². The maximum Gasteiger partial charge on any atom is 0.155 e. The molecule has 0 aliphatic carbocycles. The standard InChI is InChI=1S/C18H19BrN4S/c1-9-11(3)24-18-15(9)16(13-5-7-14(19)8-6-13)20-10(2)17-22-21-12(4)23(17)18/h5-8,10,16,20H,1-4H3/t10-,16?/m0/s1. The van der Waals surface area contributed by atoms with Crippen LogP contribution in [0, 0.1) is 20.8 Å². The molecule has 0 saturated heterocycles. The molecular weight excluding hydrogens is 384 g/mol. The first-order valence-electron chi connectivity index (χ1n) is 8.01. The molecule has 0 saturated carbocycles. The van der Waals surface area contributed by atoms with Crippen LogP contribution in [0.15, 0.2) is 28.7 Å². The third-order valence-corrected chi connectivity index (χ3v) is 6.50. The lowest BCUT2D eigenvalue weighted by atomic mass is 9.96. The fourth-order valence-electron chi connectivity index (χ4n) is 3.37. The fourth-order valence-corrected chi connectivity index (χ4v) is 4.88. The Balaban J connectivity index is 1.98. The van der Waals surface area contributed by atoms with Crippen LogP contribution in [0.4, 0.5) is 0 Å². The maximum absolute atomic E-state index is 4.43. The minimum atomic E-state index is 0.124. The van der Waals surface area contributed by atoms with E-state index in [0.29, 0.717) is 0 Å². The molecule has 2 aromatic heterocycles. The highest BCUT2D eigenvalue weighted by Crippen LogP contribution is 2.42. The number of aryl methyl sites for hydroxylation is 2. The second-order valence-electron chi connectivity index (χ2n) is 6.32. The van der Waals surface area contributed by atoms with Crippen molar-refractivity contribution in [2.24, 2.45) is 0 Å². The van der Waals surface area contributed by atoms with Crippen LogP contribution in [0.3, 0.4) is 0 Å². The molecule has 1 N–H and O–H groups in total. The zero-order valence-corrected chi connectivity index (χ0v) is 16.5. The zero-order valence-electron chi connectivity index (χ0n) is 14.1. The predicted molar refractivity (Wildman–Crippen MR) is 101 cm³/mol. The molecule has 3 heterocycles. The topological polar surface area (TPSA) is 42.7 Å². The molecule has 4 nitrogen and oxygen atoms in total. The first-order valence-corrected chi connectivity index (χ1v) is 9.62. The van der Waals surface area contributed by atoms with Gasteiger partial charge in [-0.25, -0.2) is 0 Å². The molecule has 6 heteroatoms. The molecule has 0 radical (unpaired) electrons. The Labute approximate surface area is 154 Å². The zero-order chi connectivity index (χ0) is 17.0. The van der Waals surface area contributed by atoms with Crippen LogP contribution in [0.5, 0.6) is 0 Å². The van der Waals surface area contributed by atoms with E-state index in [1.54, 1.807) is 0 Å². The van der Waals surface area contributed by atoms with E-state index >= 15 is 0 Å². The minimum absolute atomic E-state index is 0.124. The summed E-state index contributed by atoms with van der Waals surface area (Å²) in [6.45, 7) is 8.59. The monoisotopic (exact) mass is 402 g/mol. The molecule has 1 aromatic carbocycles. The predicted octanol–water partition coefficient (Wildman–Crippen LogP) is 4.77. The first kappa shape index (κ1) is 16.0. The van der Waals surface area contributed by atoms with Crippen molar-refractivity contribution in [2.75, 3.05) is 0 Å². The van der Waals surface area contributed by atoms with E-state index in [-0.39, 0.29) is 12.1 Å². The molecule has 2 atom stereocenters. The summed E-state index contributed by atoms with van der Waals surface area (Å²) < 4.78 is 3.32. The Morgan fingerprint density at radius 2 is 1.83 bits per heavy atom. The summed E-state index contributed by atoms with van der Waals surface area (Å²) in [7, 11) is 0. The number of hydrogen-bond acceptors (Lipinski definition) is 4. The highest BCUT2D eigenvalue weighted by Gasteiger charge is 2.32. The van der Waals surface area contributed by atoms with Gasteiger partial charge in [-0.15, -0.1) is 21.5 Å². The van der Waals surface area contributed by atoms with Crippen LogP contribution in [0.2, 0.25) is 0 Å². The van der Waals surface area contributed by atoms with Crippen molar-refractivity contribution in [3.8, 4) is 5.00 Å². The second-order valence-corrected chi connectivity index (χ2v) is 8.43. The molecule has 0 amide bonds. The van der Waals surface area contributed by atoms with Gasteiger partial charge in [-0.05, 0) is 51.0 Å². The van der Waals surface area contributed by atoms with E-state index in [4.69, 9.17) is 0 Å². The van der Waals surface area contributed by atoms with Gasteiger partial charge in [0, 0.05) is 14.9 Å². The Hall–Kier alpha value is -1.50. The van der Waals surface area contributed by atoms with Gasteiger partial charge in [-0.1, -0.05) is 28.1 Å². The number of thiophene rings is 1. The van der Waals surface area contributed by atoms with Crippen molar-refractivity contribution < 1.29 is 0 Å². The van der Waals surface area contributed by atoms with Crippen LogP contribution in [0.25, 0.3) is 5.00 Å². The molecule has 124 valence electrons. The van der Waals surface area contributed by atoms with Crippen molar-refractivity contribution in [2.45, 2.75) is 39.8 Å². The van der Waals surface area contributed by atoms with Gasteiger partial charge >= 0.3 is 0 Å². The largest absolute Gasteiger partial charge is 0.297 e. The number of rotatable bonds is 1. The third kappa shape index (κ3) is 2.36. The highest BCUT2D eigenvalue weighted by atomic mass is 79.9. The average molecular weight is 403 g/mol. The summed E-state index contributed by atoms with van der Waals surface area (Å²) in [5.41, 5.74) is 3.96. The number of hydrogen-bond donors (Lipinski definition) is 1. The van der Waals surface area contributed by atoms with Gasteiger partial charge in [0.15, 0.2) is 5.82 Å². The molecule has 1 aliphatic rings. The minimum Gasteiger partial charge on any atom is -0.297 e. The van der Waals surface area contributed by atoms with Crippen LogP contribution in [-0.4, -0.2) is 14.8 Å². The van der Waals surface area contributed by atoms with Gasteiger partial charge in [-0.2, -0.15) is 0 Å². The molecule has 3 aromatic rings. The maximum atomic E-state index is 4.43. The third-order valence-electron chi connectivity index (χ3n) is 4.76. The molecule has 1 aliphatic heterocycles. The molecular formula is C18H19BrN4S. The van der Waals surface area contributed by atoms with Gasteiger partial charge in [0.2, 0.25) is 0 Å². The lowest BCUT2D eigenvalue weighted by Crippen LogP contribution is -2.25. The van der Waals surface area contributed by atoms with Crippen molar-refractivity contribution in [1.29, 1.82) is 0 Å². The quantitative estimate of drug-likeness (QED) is 0.637. The average Bonchev–Trinajstić information content (AvgIpc) is 3.03. The van der Waals surface area contributed by atoms with Crippen molar-refractivity contribution in [3.05, 3.63) is 62.0 Å². The Bertz CT molecular complexity index is 910. The summed E-state index contributed by atoms with van der Waals surface area (Å²) in [4.78, 5) is 1.34. The number of nitrogens with one attached hydrogen (secondary N) is 1. The van der Waals surface area contributed by atoms with Gasteiger partial charge in [0.25, 0.3) is 0 Å². The molecule has 1 unspecified atom stereocenters. The summed E-state index contributed by atoms with van der Waals surface area (Å²) in [6.07, 6.45) is 0. The molecule has 0 fully saturated rings. The summed E-state index contributed by atoms with van der Waals surface area (Å²) in [5.74, 6) is 1.92. The number of halogens is 1. The van der Waals surface area contributed by atoms with E-state index in [9.17, 15) is 0 Å². The van der Waals surface area contributed by atoms with Crippen LogP contribution < -0.4 is 5.32 Å². The lowest BCUT2D eigenvalue weighted by molar-refractivity contribution is 0.503. The van der Waals surface area contributed by atoms with E-state index in [1.807, 2.05) is 18.3 Å². The van der Waals surface area contributed by atoms with Crippen molar-refractivity contribution in [3.63, 3.8) is 0 Å². The van der Waals surface area contributed by atoms with Crippen LogP contribution >= 0.6 is 27.3 Å². The highest BCUT2D eigenvalue weighted by molar-refractivity contribution is 9.10. The Kier molecular flexibility index (Phi) is 3.86. The molecule has 0 bridgehead atoms. The van der Waals surface area contributed by atoms with E-state index in [2.05, 4.69) is 81.0 Å². The number of benzene rings is 1. The normalized spacial score (nSPS) is 19.7. The Morgan fingerprint density at radius 1 is 1.12 bits per heavy atom. The summed E-state index contributed by atoms with van der Waals surface area (Å²) in [5, 5.41) is 13.7. The van der Waals surface area contributed by atoms with Crippen molar-refractivity contribution in [1.82, 2.24) is 20.1 Å². The van der Waals surface area contributed by atoms with E-state index in [1.165, 1.54) is 26.6 Å². The number of aromatic nitrogens is 3. The van der Waals surface area contributed by atoms with Crippen LogP contribution in [0.1, 0.15) is 52.2 Å². The second kappa shape index (κ2) is 5.79. The molecule has 4 rings (SSSR count). The lowest BCUT2D eigenvalue weighted by Gasteiger charge is -2.21. The van der Waals surface area contributed by atoms with E-state index in [0.717, 1.165) is 16.1 Å². The summed E-state index contributed by atoms with van der Waals surface area (Å²) >= 11 is 5.36. The van der Waals surface area contributed by atoms with Gasteiger partial charge in [-0.3, -0.25) is 9.88 Å². The van der Waals surface area contributed by atoms with E-state index < -0.39 is 0 Å². The molecule has 24 heavy (non-hydrogen) atoms. The Morgan fingerprint density at radius 3 is 2.54 bits per heavy atom. The first-order chi connectivity index (χ1) is 11.5. The van der Waals surface area contributed by atoms with Crippen LogP contribution in [-0.2, 0) is 0 Å². The smallest absolute Gasteiger partial charge is 0.155 e. The summed E-state index contributed by atoms with van der Waals surface area (Å²) in [6, 6.07) is 8.85.